The average Bonchev–Trinajstić information content (AvgIpc) is 2.54. The molecule has 1 N–H and O–H groups in total. The molecule has 0 saturated carbocycles. The van der Waals surface area contributed by atoms with Crippen LogP contribution < -0.4 is 5.56 Å². The summed E-state index contributed by atoms with van der Waals surface area (Å²) in [7, 11) is 3.94. The molecule has 3 rings (SSSR count). The van der Waals surface area contributed by atoms with Crippen LogP contribution in [0.25, 0.3) is 0 Å². The first-order valence-electron chi connectivity index (χ1n) is 8.71. The summed E-state index contributed by atoms with van der Waals surface area (Å²) < 4.78 is 0. The van der Waals surface area contributed by atoms with Crippen LogP contribution in [0.1, 0.15) is 38.3 Å². The minimum absolute atomic E-state index is 0.101. The number of nitrogens with one attached hydrogen (secondary N) is 1. The molecule has 1 amide bonds. The lowest BCUT2D eigenvalue weighted by molar-refractivity contribution is 0.0726. The van der Waals surface area contributed by atoms with Crippen LogP contribution in [0.2, 0.25) is 5.02 Å². The van der Waals surface area contributed by atoms with Crippen molar-refractivity contribution in [3.8, 4) is 0 Å². The van der Waals surface area contributed by atoms with E-state index in [1.807, 2.05) is 51.0 Å². The Bertz CT molecular complexity index is 918. The third kappa shape index (κ3) is 3.55. The smallest absolute Gasteiger partial charge is 0.255 e. The highest BCUT2D eigenvalue weighted by Crippen LogP contribution is 2.30. The molecule has 1 aliphatic rings. The predicted molar refractivity (Wildman–Crippen MR) is 104 cm³/mol. The predicted octanol–water partition coefficient (Wildman–Crippen LogP) is 2.91. The van der Waals surface area contributed by atoms with Crippen LogP contribution >= 0.6 is 11.6 Å². The van der Waals surface area contributed by atoms with Gasteiger partial charge >= 0.3 is 0 Å². The van der Waals surface area contributed by atoms with E-state index in [0.29, 0.717) is 35.8 Å². The summed E-state index contributed by atoms with van der Waals surface area (Å²) in [4.78, 5) is 32.0. The van der Waals surface area contributed by atoms with Gasteiger partial charge in [-0.05, 0) is 57.1 Å². The molecule has 0 unspecified atom stereocenters. The summed E-state index contributed by atoms with van der Waals surface area (Å²) in [6, 6.07) is 5.93. The van der Waals surface area contributed by atoms with Crippen LogP contribution in [0.3, 0.4) is 0 Å². The van der Waals surface area contributed by atoms with Gasteiger partial charge in [0.15, 0.2) is 0 Å². The Morgan fingerprint density at radius 2 is 1.96 bits per heavy atom. The Balaban J connectivity index is 1.94. The maximum Gasteiger partial charge on any atom is 0.255 e. The third-order valence-electron chi connectivity index (χ3n) is 4.79. The fourth-order valence-corrected chi connectivity index (χ4v) is 3.82. The van der Waals surface area contributed by atoms with Gasteiger partial charge in [0.05, 0.1) is 17.1 Å². The highest BCUT2D eigenvalue weighted by molar-refractivity contribution is 6.34. The maximum atomic E-state index is 13.1. The molecule has 0 spiro atoms. The number of fused-ring (bicyclic) bond motifs is 1. The molecule has 0 radical (unpaired) electrons. The summed E-state index contributed by atoms with van der Waals surface area (Å²) in [5.74, 6) is -0.101. The standard InChI is InChI=1S/C20H24ClN3O2/c1-12-9-13(2)22-19(25)16(12)11-24-8-7-14-5-6-15(10-23(3)4)18(21)17(14)20(24)26/h5-6,9H,7-8,10-11H2,1-4H3,(H,22,25). The highest BCUT2D eigenvalue weighted by Gasteiger charge is 2.28. The number of nitrogens with zero attached hydrogens (tertiary/aromatic N) is 2. The molecule has 1 aromatic heterocycles. The number of halogens is 1. The number of amides is 1. The fourth-order valence-electron chi connectivity index (χ4n) is 3.50. The van der Waals surface area contributed by atoms with Gasteiger partial charge < -0.3 is 14.8 Å². The van der Waals surface area contributed by atoms with E-state index in [9.17, 15) is 9.59 Å². The first kappa shape index (κ1) is 18.7. The number of benzene rings is 1. The van der Waals surface area contributed by atoms with Gasteiger partial charge in [0.2, 0.25) is 0 Å². The monoisotopic (exact) mass is 373 g/mol. The second-order valence-corrected chi connectivity index (χ2v) is 7.61. The van der Waals surface area contributed by atoms with Gasteiger partial charge in [-0.25, -0.2) is 0 Å². The van der Waals surface area contributed by atoms with Crippen LogP contribution in [0.5, 0.6) is 0 Å². The summed E-state index contributed by atoms with van der Waals surface area (Å²) in [5, 5.41) is 0.528. The zero-order chi connectivity index (χ0) is 19.0. The molecular formula is C20H24ClN3O2. The van der Waals surface area contributed by atoms with Crippen molar-refractivity contribution in [1.29, 1.82) is 0 Å². The van der Waals surface area contributed by atoms with Gasteiger partial charge in [-0.15, -0.1) is 0 Å². The Morgan fingerprint density at radius 1 is 1.23 bits per heavy atom. The van der Waals surface area contributed by atoms with Crippen molar-refractivity contribution in [2.75, 3.05) is 20.6 Å². The Kier molecular flexibility index (Phi) is 5.21. The number of H-pyrrole nitrogens is 1. The molecule has 0 bridgehead atoms. The van der Waals surface area contributed by atoms with Crippen LogP contribution in [-0.2, 0) is 19.5 Å². The zero-order valence-electron chi connectivity index (χ0n) is 15.6. The van der Waals surface area contributed by atoms with E-state index in [4.69, 9.17) is 11.6 Å². The first-order chi connectivity index (χ1) is 12.3. The van der Waals surface area contributed by atoms with E-state index in [1.165, 1.54) is 0 Å². The first-order valence-corrected chi connectivity index (χ1v) is 9.09. The minimum atomic E-state index is -0.131. The van der Waals surface area contributed by atoms with Crippen LogP contribution in [0, 0.1) is 13.8 Å². The van der Waals surface area contributed by atoms with Crippen LogP contribution in [0.15, 0.2) is 23.0 Å². The molecule has 0 aliphatic carbocycles. The normalized spacial score (nSPS) is 14.1. The van der Waals surface area contributed by atoms with Crippen molar-refractivity contribution in [3.63, 3.8) is 0 Å². The number of aromatic nitrogens is 1. The number of hydrogen-bond acceptors (Lipinski definition) is 3. The van der Waals surface area contributed by atoms with Gasteiger partial charge in [0, 0.05) is 24.3 Å². The molecule has 138 valence electrons. The lowest BCUT2D eigenvalue weighted by Gasteiger charge is -2.30. The number of aryl methyl sites for hydroxylation is 2. The van der Waals surface area contributed by atoms with E-state index in [-0.39, 0.29) is 11.5 Å². The number of rotatable bonds is 4. The molecule has 2 aromatic rings. The second-order valence-electron chi connectivity index (χ2n) is 7.23. The van der Waals surface area contributed by atoms with E-state index in [1.54, 1.807) is 4.90 Å². The molecular weight excluding hydrogens is 350 g/mol. The maximum absolute atomic E-state index is 13.1. The van der Waals surface area contributed by atoms with Crippen molar-refractivity contribution in [2.24, 2.45) is 0 Å². The molecule has 5 nitrogen and oxygen atoms in total. The number of carbonyl (C=O) groups excluding carboxylic acids is 1. The Morgan fingerprint density at radius 3 is 2.62 bits per heavy atom. The molecule has 1 aliphatic heterocycles. The zero-order valence-corrected chi connectivity index (χ0v) is 16.4. The summed E-state index contributed by atoms with van der Waals surface area (Å²) >= 11 is 6.58. The van der Waals surface area contributed by atoms with Gasteiger partial charge in [-0.2, -0.15) is 0 Å². The lowest BCUT2D eigenvalue weighted by atomic mass is 9.95. The lowest BCUT2D eigenvalue weighted by Crippen LogP contribution is -2.39. The summed E-state index contributed by atoms with van der Waals surface area (Å²) in [5.41, 5.74) is 4.73. The largest absolute Gasteiger partial charge is 0.334 e. The van der Waals surface area contributed by atoms with Gasteiger partial charge in [0.1, 0.15) is 0 Å². The van der Waals surface area contributed by atoms with Crippen molar-refractivity contribution in [1.82, 2.24) is 14.8 Å². The summed E-state index contributed by atoms with van der Waals surface area (Å²) in [6.07, 6.45) is 0.742. The Hall–Kier alpha value is -2.11. The number of pyridine rings is 1. The average molecular weight is 374 g/mol. The third-order valence-corrected chi connectivity index (χ3v) is 5.22. The minimum Gasteiger partial charge on any atom is -0.334 e. The Labute approximate surface area is 158 Å². The van der Waals surface area contributed by atoms with Gasteiger partial charge in [0.25, 0.3) is 11.5 Å². The number of carbonyl (C=O) groups is 1. The topological polar surface area (TPSA) is 56.4 Å². The van der Waals surface area contributed by atoms with Gasteiger partial charge in [-0.3, -0.25) is 9.59 Å². The van der Waals surface area contributed by atoms with E-state index in [2.05, 4.69) is 4.98 Å². The molecule has 1 aromatic carbocycles. The number of aromatic amines is 1. The fraction of sp³-hybridized carbons (Fsp3) is 0.400. The van der Waals surface area contributed by atoms with E-state index in [0.717, 1.165) is 28.8 Å². The number of hydrogen-bond donors (Lipinski definition) is 1. The molecule has 2 heterocycles. The van der Waals surface area contributed by atoms with Crippen LogP contribution in [0.4, 0.5) is 0 Å². The molecule has 26 heavy (non-hydrogen) atoms. The van der Waals surface area contributed by atoms with Crippen molar-refractivity contribution in [3.05, 3.63) is 67.1 Å². The molecule has 0 fully saturated rings. The van der Waals surface area contributed by atoms with Crippen LogP contribution in [-0.4, -0.2) is 41.3 Å². The SMILES string of the molecule is Cc1cc(C)c(CN2CCc3ccc(CN(C)C)c(Cl)c3C2=O)c(=O)[nH]1. The van der Waals surface area contributed by atoms with Crippen molar-refractivity contribution < 1.29 is 4.79 Å². The van der Waals surface area contributed by atoms with E-state index < -0.39 is 0 Å². The summed E-state index contributed by atoms with van der Waals surface area (Å²) in [6.45, 7) is 5.32. The van der Waals surface area contributed by atoms with Crippen molar-refractivity contribution in [2.45, 2.75) is 33.4 Å². The highest BCUT2D eigenvalue weighted by atomic mass is 35.5. The quantitative estimate of drug-likeness (QED) is 0.896. The van der Waals surface area contributed by atoms with Crippen molar-refractivity contribution >= 4 is 17.5 Å². The molecule has 0 atom stereocenters. The van der Waals surface area contributed by atoms with Gasteiger partial charge in [-0.1, -0.05) is 23.7 Å². The second kappa shape index (κ2) is 7.25. The molecule has 0 saturated heterocycles. The van der Waals surface area contributed by atoms with E-state index >= 15 is 0 Å². The molecule has 6 heteroatoms.